The summed E-state index contributed by atoms with van der Waals surface area (Å²) in [5, 5.41) is 11.5. The molecule has 1 saturated heterocycles. The molecule has 0 spiro atoms. The molecular formula is C10H17NO3S. The molecule has 86 valence electrons. The lowest BCUT2D eigenvalue weighted by molar-refractivity contribution is -0.142. The number of rotatable bonds is 5. The Labute approximate surface area is 93.8 Å². The first-order chi connectivity index (χ1) is 7.15. The van der Waals surface area contributed by atoms with Crippen molar-refractivity contribution in [3.8, 4) is 0 Å². The Kier molecular flexibility index (Phi) is 4.94. The molecule has 1 amide bonds. The topological polar surface area (TPSA) is 66.4 Å². The number of carbonyl (C=O) groups is 2. The zero-order valence-electron chi connectivity index (χ0n) is 8.86. The Balaban J connectivity index is 2.42. The predicted octanol–water partition coefficient (Wildman–Crippen LogP) is 1.11. The molecule has 1 heterocycles. The van der Waals surface area contributed by atoms with E-state index in [1.165, 1.54) is 0 Å². The second-order valence-electron chi connectivity index (χ2n) is 3.75. The van der Waals surface area contributed by atoms with Crippen LogP contribution in [0.25, 0.3) is 0 Å². The fourth-order valence-corrected chi connectivity index (χ4v) is 2.80. The Morgan fingerprint density at radius 3 is 2.80 bits per heavy atom. The zero-order valence-corrected chi connectivity index (χ0v) is 9.68. The average Bonchev–Trinajstić information content (AvgIpc) is 2.69. The van der Waals surface area contributed by atoms with E-state index in [0.29, 0.717) is 6.42 Å². The van der Waals surface area contributed by atoms with Crippen molar-refractivity contribution in [1.29, 1.82) is 0 Å². The lowest BCUT2D eigenvalue weighted by atomic mass is 10.1. The Hall–Kier alpha value is -0.710. The van der Waals surface area contributed by atoms with E-state index >= 15 is 0 Å². The molecule has 2 N–H and O–H groups in total. The first-order valence-electron chi connectivity index (χ1n) is 5.26. The van der Waals surface area contributed by atoms with Crippen molar-refractivity contribution in [2.75, 3.05) is 11.5 Å². The van der Waals surface area contributed by atoms with Gasteiger partial charge in [-0.15, -0.1) is 0 Å². The lowest BCUT2D eigenvalue weighted by Gasteiger charge is -2.16. The van der Waals surface area contributed by atoms with Gasteiger partial charge in [0, 0.05) is 11.7 Å². The molecule has 2 atom stereocenters. The quantitative estimate of drug-likeness (QED) is 0.744. The number of carboxylic acid groups (broad SMARTS) is 1. The van der Waals surface area contributed by atoms with Gasteiger partial charge >= 0.3 is 5.97 Å². The standard InChI is InChI=1S/C10H17NO3S/c1-2-3-8(10(13)14)11-9(12)7-4-5-15-6-7/h7-8H,2-6H2,1H3,(H,11,12)(H,13,14). The van der Waals surface area contributed by atoms with Crippen molar-refractivity contribution in [1.82, 2.24) is 5.32 Å². The third-order valence-corrected chi connectivity index (χ3v) is 3.65. The van der Waals surface area contributed by atoms with Crippen LogP contribution in [0.4, 0.5) is 0 Å². The summed E-state index contributed by atoms with van der Waals surface area (Å²) in [6.07, 6.45) is 2.13. The van der Waals surface area contributed by atoms with Gasteiger partial charge in [0.2, 0.25) is 5.91 Å². The van der Waals surface area contributed by atoms with Crippen LogP contribution in [0.15, 0.2) is 0 Å². The smallest absolute Gasteiger partial charge is 0.326 e. The maximum absolute atomic E-state index is 11.6. The van der Waals surface area contributed by atoms with Gasteiger partial charge in [-0.2, -0.15) is 11.8 Å². The van der Waals surface area contributed by atoms with Crippen LogP contribution in [0.5, 0.6) is 0 Å². The highest BCUT2D eigenvalue weighted by molar-refractivity contribution is 7.99. The van der Waals surface area contributed by atoms with Crippen molar-refractivity contribution in [2.24, 2.45) is 5.92 Å². The minimum absolute atomic E-state index is 0.00806. The Morgan fingerprint density at radius 2 is 2.33 bits per heavy atom. The maximum Gasteiger partial charge on any atom is 0.326 e. The van der Waals surface area contributed by atoms with Crippen molar-refractivity contribution in [2.45, 2.75) is 32.2 Å². The maximum atomic E-state index is 11.6. The second-order valence-corrected chi connectivity index (χ2v) is 4.90. The van der Waals surface area contributed by atoms with E-state index in [0.717, 1.165) is 24.3 Å². The summed E-state index contributed by atoms with van der Waals surface area (Å²) in [7, 11) is 0. The number of carbonyl (C=O) groups excluding carboxylic acids is 1. The van der Waals surface area contributed by atoms with Crippen molar-refractivity contribution in [3.63, 3.8) is 0 Å². The normalized spacial score (nSPS) is 22.3. The number of nitrogens with one attached hydrogen (secondary N) is 1. The third-order valence-electron chi connectivity index (χ3n) is 2.49. The SMILES string of the molecule is CCCC(NC(=O)C1CCSC1)C(=O)O. The molecule has 1 aliphatic heterocycles. The third kappa shape index (κ3) is 3.74. The molecule has 1 aliphatic rings. The van der Waals surface area contributed by atoms with Crippen LogP contribution in [0.2, 0.25) is 0 Å². The predicted molar refractivity (Wildman–Crippen MR) is 59.9 cm³/mol. The van der Waals surface area contributed by atoms with Gasteiger partial charge in [-0.25, -0.2) is 4.79 Å². The fraction of sp³-hybridized carbons (Fsp3) is 0.800. The van der Waals surface area contributed by atoms with Gasteiger partial charge < -0.3 is 10.4 Å². The summed E-state index contributed by atoms with van der Waals surface area (Å²) in [6.45, 7) is 1.91. The molecule has 2 unspecified atom stereocenters. The van der Waals surface area contributed by atoms with E-state index in [1.807, 2.05) is 6.92 Å². The van der Waals surface area contributed by atoms with Crippen LogP contribution in [-0.4, -0.2) is 34.5 Å². The minimum Gasteiger partial charge on any atom is -0.480 e. The largest absolute Gasteiger partial charge is 0.480 e. The molecule has 0 aromatic carbocycles. The van der Waals surface area contributed by atoms with Crippen molar-refractivity contribution < 1.29 is 14.7 Å². The van der Waals surface area contributed by atoms with E-state index in [1.54, 1.807) is 11.8 Å². The molecule has 0 aromatic rings. The summed E-state index contributed by atoms with van der Waals surface area (Å²) in [5.74, 6) is 0.805. The number of aliphatic carboxylic acids is 1. The summed E-state index contributed by atoms with van der Waals surface area (Å²) >= 11 is 1.75. The molecule has 0 bridgehead atoms. The van der Waals surface area contributed by atoms with Crippen LogP contribution in [0, 0.1) is 5.92 Å². The molecule has 5 heteroatoms. The van der Waals surface area contributed by atoms with Gasteiger partial charge in [-0.05, 0) is 18.6 Å². The van der Waals surface area contributed by atoms with Gasteiger partial charge in [0.05, 0.1) is 0 Å². The van der Waals surface area contributed by atoms with E-state index in [2.05, 4.69) is 5.32 Å². The molecule has 0 aliphatic carbocycles. The summed E-state index contributed by atoms with van der Waals surface area (Å²) in [5.41, 5.74) is 0. The minimum atomic E-state index is -0.934. The zero-order chi connectivity index (χ0) is 11.3. The van der Waals surface area contributed by atoms with E-state index in [4.69, 9.17) is 5.11 Å². The van der Waals surface area contributed by atoms with Crippen LogP contribution in [0.1, 0.15) is 26.2 Å². The van der Waals surface area contributed by atoms with Crippen LogP contribution >= 0.6 is 11.8 Å². The second kappa shape index (κ2) is 6.00. The summed E-state index contributed by atoms with van der Waals surface area (Å²) in [6, 6.07) is -0.715. The van der Waals surface area contributed by atoms with Crippen LogP contribution in [-0.2, 0) is 9.59 Å². The Morgan fingerprint density at radius 1 is 1.60 bits per heavy atom. The fourth-order valence-electron chi connectivity index (χ4n) is 1.58. The molecule has 1 rings (SSSR count). The van der Waals surface area contributed by atoms with E-state index in [9.17, 15) is 9.59 Å². The van der Waals surface area contributed by atoms with Crippen LogP contribution in [0.3, 0.4) is 0 Å². The highest BCUT2D eigenvalue weighted by Gasteiger charge is 2.27. The number of hydrogen-bond donors (Lipinski definition) is 2. The summed E-state index contributed by atoms with van der Waals surface area (Å²) in [4.78, 5) is 22.5. The van der Waals surface area contributed by atoms with Crippen molar-refractivity contribution >= 4 is 23.6 Å². The number of amides is 1. The molecule has 1 fully saturated rings. The molecule has 15 heavy (non-hydrogen) atoms. The monoisotopic (exact) mass is 231 g/mol. The van der Waals surface area contributed by atoms with Gasteiger partial charge in [-0.3, -0.25) is 4.79 Å². The van der Waals surface area contributed by atoms with Gasteiger partial charge in [-0.1, -0.05) is 13.3 Å². The molecule has 0 aromatic heterocycles. The molecule has 0 saturated carbocycles. The van der Waals surface area contributed by atoms with Gasteiger partial charge in [0.1, 0.15) is 6.04 Å². The molecule has 0 radical (unpaired) electrons. The van der Waals surface area contributed by atoms with Gasteiger partial charge in [0.25, 0.3) is 0 Å². The lowest BCUT2D eigenvalue weighted by Crippen LogP contribution is -2.43. The average molecular weight is 231 g/mol. The molecule has 4 nitrogen and oxygen atoms in total. The van der Waals surface area contributed by atoms with Gasteiger partial charge in [0.15, 0.2) is 0 Å². The first kappa shape index (κ1) is 12.4. The number of thioether (sulfide) groups is 1. The Bertz CT molecular complexity index is 239. The number of carboxylic acids is 1. The first-order valence-corrected chi connectivity index (χ1v) is 6.41. The highest BCUT2D eigenvalue weighted by Crippen LogP contribution is 2.23. The van der Waals surface area contributed by atoms with E-state index < -0.39 is 12.0 Å². The molecular weight excluding hydrogens is 214 g/mol. The highest BCUT2D eigenvalue weighted by atomic mass is 32.2. The van der Waals surface area contributed by atoms with E-state index in [-0.39, 0.29) is 11.8 Å². The summed E-state index contributed by atoms with van der Waals surface area (Å²) < 4.78 is 0. The number of hydrogen-bond acceptors (Lipinski definition) is 3. The van der Waals surface area contributed by atoms with Crippen molar-refractivity contribution in [3.05, 3.63) is 0 Å². The van der Waals surface area contributed by atoms with Crippen LogP contribution < -0.4 is 5.32 Å².